The van der Waals surface area contributed by atoms with Crippen molar-refractivity contribution in [2.45, 2.75) is 24.6 Å². The Labute approximate surface area is 132 Å². The Balaban J connectivity index is 1.97. The second kappa shape index (κ2) is 7.42. The van der Waals surface area contributed by atoms with Crippen molar-refractivity contribution in [2.75, 3.05) is 13.7 Å². The van der Waals surface area contributed by atoms with Crippen LogP contribution in [-0.2, 0) is 14.3 Å². The lowest BCUT2D eigenvalue weighted by Gasteiger charge is -2.13. The van der Waals surface area contributed by atoms with Gasteiger partial charge in [0.1, 0.15) is 18.3 Å². The van der Waals surface area contributed by atoms with Crippen LogP contribution < -0.4 is 4.74 Å². The summed E-state index contributed by atoms with van der Waals surface area (Å²) in [5, 5.41) is 37.6. The molecule has 23 heavy (non-hydrogen) atoms. The van der Waals surface area contributed by atoms with Crippen molar-refractivity contribution in [2.24, 2.45) is 0 Å². The van der Waals surface area contributed by atoms with Crippen molar-refractivity contribution in [3.8, 4) is 11.5 Å². The predicted octanol–water partition coefficient (Wildman–Crippen LogP) is -0.604. The molecule has 1 fully saturated rings. The van der Waals surface area contributed by atoms with E-state index < -0.39 is 37.2 Å². The van der Waals surface area contributed by atoms with Gasteiger partial charge in [0.15, 0.2) is 11.5 Å². The van der Waals surface area contributed by atoms with E-state index in [1.54, 1.807) is 6.07 Å². The van der Waals surface area contributed by atoms with E-state index in [9.17, 15) is 20.1 Å². The monoisotopic (exact) mass is 326 g/mol. The van der Waals surface area contributed by atoms with Crippen LogP contribution in [0, 0.1) is 0 Å². The molecule has 126 valence electrons. The van der Waals surface area contributed by atoms with Gasteiger partial charge in [-0.2, -0.15) is 0 Å². The number of phenols is 1. The molecule has 0 bridgehead atoms. The lowest BCUT2D eigenvalue weighted by atomic mass is 10.1. The fourth-order valence-electron chi connectivity index (χ4n) is 2.08. The summed E-state index contributed by atoms with van der Waals surface area (Å²) < 4.78 is 14.9. The van der Waals surface area contributed by atoms with Gasteiger partial charge in [-0.05, 0) is 23.8 Å². The van der Waals surface area contributed by atoms with E-state index in [1.165, 1.54) is 25.3 Å². The predicted molar refractivity (Wildman–Crippen MR) is 77.5 cm³/mol. The number of carbonyl (C=O) groups excluding carboxylic acids is 1. The van der Waals surface area contributed by atoms with Gasteiger partial charge in [-0.3, -0.25) is 0 Å². The molecule has 0 spiro atoms. The zero-order valence-corrected chi connectivity index (χ0v) is 12.3. The molecular formula is C15H18O8. The molecule has 1 aromatic rings. The highest BCUT2D eigenvalue weighted by Gasteiger charge is 2.44. The van der Waals surface area contributed by atoms with Crippen molar-refractivity contribution in [3.63, 3.8) is 0 Å². The van der Waals surface area contributed by atoms with Crippen molar-refractivity contribution in [1.29, 1.82) is 0 Å². The van der Waals surface area contributed by atoms with Gasteiger partial charge >= 0.3 is 5.97 Å². The lowest BCUT2D eigenvalue weighted by Crippen LogP contribution is -2.35. The summed E-state index contributed by atoms with van der Waals surface area (Å²) in [6, 6.07) is 4.50. The summed E-state index contributed by atoms with van der Waals surface area (Å²) in [6.45, 7) is -0.505. The fraction of sp³-hybridized carbons (Fsp3) is 0.400. The third kappa shape index (κ3) is 3.99. The molecule has 1 heterocycles. The minimum Gasteiger partial charge on any atom is -0.504 e. The summed E-state index contributed by atoms with van der Waals surface area (Å²) in [6.07, 6.45) is -2.60. The Morgan fingerprint density at radius 2 is 2.09 bits per heavy atom. The molecule has 1 unspecified atom stereocenters. The number of methoxy groups -OCH3 is 1. The van der Waals surface area contributed by atoms with Crippen molar-refractivity contribution in [3.05, 3.63) is 29.8 Å². The van der Waals surface area contributed by atoms with Crippen molar-refractivity contribution in [1.82, 2.24) is 0 Å². The fourth-order valence-corrected chi connectivity index (χ4v) is 2.08. The van der Waals surface area contributed by atoms with Crippen LogP contribution in [0.4, 0.5) is 0 Å². The number of aliphatic hydroxyl groups is 3. The van der Waals surface area contributed by atoms with Crippen LogP contribution >= 0.6 is 0 Å². The van der Waals surface area contributed by atoms with E-state index in [2.05, 4.69) is 0 Å². The van der Waals surface area contributed by atoms with Gasteiger partial charge in [-0.15, -0.1) is 0 Å². The van der Waals surface area contributed by atoms with Crippen molar-refractivity contribution >= 4 is 12.0 Å². The van der Waals surface area contributed by atoms with Crippen LogP contribution in [0.25, 0.3) is 6.08 Å². The van der Waals surface area contributed by atoms with E-state index in [0.717, 1.165) is 6.08 Å². The molecule has 1 aliphatic heterocycles. The highest BCUT2D eigenvalue weighted by atomic mass is 16.7. The quantitative estimate of drug-likeness (QED) is 0.417. The zero-order valence-electron chi connectivity index (χ0n) is 12.3. The molecule has 8 nitrogen and oxygen atoms in total. The molecular weight excluding hydrogens is 308 g/mol. The van der Waals surface area contributed by atoms with E-state index in [0.29, 0.717) is 5.56 Å². The molecule has 4 atom stereocenters. The normalized spacial score (nSPS) is 27.3. The number of esters is 1. The summed E-state index contributed by atoms with van der Waals surface area (Å²) in [4.78, 5) is 11.7. The number of hydrogen-bond acceptors (Lipinski definition) is 8. The second-order valence-electron chi connectivity index (χ2n) is 4.91. The number of phenolic OH excluding ortho intramolecular Hbond substituents is 1. The Bertz CT molecular complexity index is 585. The number of carbonyl (C=O) groups is 1. The molecule has 1 saturated heterocycles. The molecule has 1 aromatic carbocycles. The maximum absolute atomic E-state index is 11.7. The number of benzene rings is 1. The first-order valence-electron chi connectivity index (χ1n) is 6.84. The summed E-state index contributed by atoms with van der Waals surface area (Å²) >= 11 is 0. The third-order valence-electron chi connectivity index (χ3n) is 3.35. The molecule has 0 aromatic heterocycles. The first kappa shape index (κ1) is 17.2. The molecule has 8 heteroatoms. The van der Waals surface area contributed by atoms with Gasteiger partial charge in [0, 0.05) is 6.08 Å². The number of aliphatic hydroxyl groups excluding tert-OH is 3. The summed E-state index contributed by atoms with van der Waals surface area (Å²) in [5.74, 6) is -0.574. The summed E-state index contributed by atoms with van der Waals surface area (Å²) in [7, 11) is 1.40. The Hall–Kier alpha value is -2.13. The molecule has 4 N–H and O–H groups in total. The molecule has 0 radical (unpaired) electrons. The number of rotatable bonds is 5. The first-order valence-corrected chi connectivity index (χ1v) is 6.84. The van der Waals surface area contributed by atoms with Crippen molar-refractivity contribution < 1.29 is 39.4 Å². The van der Waals surface area contributed by atoms with Gasteiger partial charge in [0.05, 0.1) is 13.7 Å². The Kier molecular flexibility index (Phi) is 5.56. The van der Waals surface area contributed by atoms with Crippen LogP contribution in [0.5, 0.6) is 11.5 Å². The average Bonchev–Trinajstić information content (AvgIpc) is 2.82. The molecule has 0 amide bonds. The van der Waals surface area contributed by atoms with Crippen LogP contribution in [0.3, 0.4) is 0 Å². The molecule has 1 aliphatic rings. The SMILES string of the molecule is COc1cc(C=CC(=O)OC2O[C@H](CO)[C@@H](O)[C@@H]2O)ccc1O. The number of ether oxygens (including phenoxy) is 3. The minimum atomic E-state index is -1.43. The maximum atomic E-state index is 11.7. The molecule has 0 aliphatic carbocycles. The Morgan fingerprint density at radius 1 is 1.35 bits per heavy atom. The van der Waals surface area contributed by atoms with Gasteiger partial charge in [-0.25, -0.2) is 4.79 Å². The van der Waals surface area contributed by atoms with E-state index in [1.807, 2.05) is 0 Å². The largest absolute Gasteiger partial charge is 0.504 e. The summed E-state index contributed by atoms with van der Waals surface area (Å²) in [5.41, 5.74) is 0.581. The van der Waals surface area contributed by atoms with Gasteiger partial charge in [-0.1, -0.05) is 6.07 Å². The van der Waals surface area contributed by atoms with Gasteiger partial charge in [0.25, 0.3) is 0 Å². The maximum Gasteiger partial charge on any atom is 0.333 e. The molecule has 0 saturated carbocycles. The Morgan fingerprint density at radius 3 is 2.70 bits per heavy atom. The second-order valence-corrected chi connectivity index (χ2v) is 4.91. The van der Waals surface area contributed by atoms with Gasteiger partial charge < -0.3 is 34.6 Å². The van der Waals surface area contributed by atoms with Crippen LogP contribution in [0.2, 0.25) is 0 Å². The number of hydrogen-bond donors (Lipinski definition) is 4. The van der Waals surface area contributed by atoms with Gasteiger partial charge in [0.2, 0.25) is 6.29 Å². The zero-order chi connectivity index (χ0) is 17.0. The van der Waals surface area contributed by atoms with Crippen LogP contribution in [-0.4, -0.2) is 64.7 Å². The lowest BCUT2D eigenvalue weighted by molar-refractivity contribution is -0.184. The minimum absolute atomic E-state index is 0.0289. The van der Waals surface area contributed by atoms with E-state index in [-0.39, 0.29) is 11.5 Å². The average molecular weight is 326 g/mol. The van der Waals surface area contributed by atoms with E-state index in [4.69, 9.17) is 19.3 Å². The van der Waals surface area contributed by atoms with E-state index >= 15 is 0 Å². The topological polar surface area (TPSA) is 126 Å². The third-order valence-corrected chi connectivity index (χ3v) is 3.35. The standard InChI is InChI=1S/C15H18O8/c1-21-10-6-8(2-4-9(10)17)3-5-12(18)23-15-14(20)13(19)11(7-16)22-15/h2-6,11,13-17,19-20H,7H2,1H3/t11-,13-,14+,15?/m1/s1. The van der Waals surface area contributed by atoms with Crippen LogP contribution in [0.1, 0.15) is 5.56 Å². The highest BCUT2D eigenvalue weighted by molar-refractivity contribution is 5.87. The molecule has 2 rings (SSSR count). The smallest absolute Gasteiger partial charge is 0.333 e. The van der Waals surface area contributed by atoms with Crippen LogP contribution in [0.15, 0.2) is 24.3 Å². The first-order chi connectivity index (χ1) is 11.0. The highest BCUT2D eigenvalue weighted by Crippen LogP contribution is 2.27. The number of aromatic hydroxyl groups is 1.